The van der Waals surface area contributed by atoms with Gasteiger partial charge in [0.2, 0.25) is 0 Å². The fourth-order valence-corrected chi connectivity index (χ4v) is 3.54. The largest absolute Gasteiger partial charge is 0.497 e. The average molecular weight is 326 g/mol. The number of piperidine rings is 1. The first-order valence-corrected chi connectivity index (χ1v) is 8.58. The third-order valence-electron chi connectivity index (χ3n) is 5.09. The van der Waals surface area contributed by atoms with Crippen molar-refractivity contribution in [2.24, 2.45) is 5.41 Å². The van der Waals surface area contributed by atoms with Crippen LogP contribution in [0.25, 0.3) is 0 Å². The molecule has 2 aromatic rings. The first-order chi connectivity index (χ1) is 11.7. The fourth-order valence-electron chi connectivity index (χ4n) is 3.54. The molecule has 0 radical (unpaired) electrons. The Balaban J connectivity index is 1.61. The predicted molar refractivity (Wildman–Crippen MR) is 95.0 cm³/mol. The summed E-state index contributed by atoms with van der Waals surface area (Å²) in [4.78, 5) is 6.64. The van der Waals surface area contributed by atoms with E-state index in [0.29, 0.717) is 0 Å². The van der Waals surface area contributed by atoms with Gasteiger partial charge >= 0.3 is 0 Å². The molecule has 1 fully saturated rings. The summed E-state index contributed by atoms with van der Waals surface area (Å²) in [6.45, 7) is 3.21. The van der Waals surface area contributed by atoms with E-state index in [1.165, 1.54) is 11.1 Å². The molecule has 1 aromatic carbocycles. The highest BCUT2D eigenvalue weighted by Gasteiger charge is 2.34. The van der Waals surface area contributed by atoms with Crippen LogP contribution in [0.2, 0.25) is 0 Å². The summed E-state index contributed by atoms with van der Waals surface area (Å²) in [6.07, 6.45) is 6.68. The van der Waals surface area contributed by atoms with E-state index in [1.54, 1.807) is 7.11 Å². The Morgan fingerprint density at radius 3 is 2.62 bits per heavy atom. The number of aliphatic hydroxyl groups excluding tert-OH is 1. The van der Waals surface area contributed by atoms with Crippen LogP contribution in [-0.4, -0.2) is 41.8 Å². The van der Waals surface area contributed by atoms with Crippen LogP contribution in [0.1, 0.15) is 24.0 Å². The topological polar surface area (TPSA) is 45.6 Å². The van der Waals surface area contributed by atoms with Gasteiger partial charge in [0.25, 0.3) is 0 Å². The monoisotopic (exact) mass is 326 g/mol. The molecular weight excluding hydrogens is 300 g/mol. The van der Waals surface area contributed by atoms with Gasteiger partial charge in [-0.2, -0.15) is 0 Å². The van der Waals surface area contributed by atoms with Crippen molar-refractivity contribution in [2.45, 2.75) is 25.8 Å². The number of aliphatic hydroxyl groups is 1. The lowest BCUT2D eigenvalue weighted by Gasteiger charge is -2.41. The second-order valence-electron chi connectivity index (χ2n) is 6.82. The normalized spacial score (nSPS) is 17.6. The fraction of sp³-hybridized carbons (Fsp3) is 0.450. The molecule has 0 atom stereocenters. The van der Waals surface area contributed by atoms with E-state index >= 15 is 0 Å². The van der Waals surface area contributed by atoms with Crippen LogP contribution in [0.3, 0.4) is 0 Å². The van der Waals surface area contributed by atoms with Crippen LogP contribution in [-0.2, 0) is 13.0 Å². The van der Waals surface area contributed by atoms with Crippen molar-refractivity contribution in [1.82, 2.24) is 9.88 Å². The zero-order valence-corrected chi connectivity index (χ0v) is 14.3. The number of pyridine rings is 1. The van der Waals surface area contributed by atoms with Gasteiger partial charge in [-0.15, -0.1) is 0 Å². The molecule has 2 heterocycles. The number of nitrogens with zero attached hydrogens (tertiary/aromatic N) is 2. The van der Waals surface area contributed by atoms with Gasteiger partial charge in [0.05, 0.1) is 7.11 Å². The second-order valence-corrected chi connectivity index (χ2v) is 6.82. The Morgan fingerprint density at radius 1 is 1.17 bits per heavy atom. The molecule has 128 valence electrons. The lowest BCUT2D eigenvalue weighted by Crippen LogP contribution is -2.42. The van der Waals surface area contributed by atoms with Gasteiger partial charge in [0.15, 0.2) is 0 Å². The van der Waals surface area contributed by atoms with Crippen LogP contribution < -0.4 is 4.74 Å². The third kappa shape index (κ3) is 4.13. The van der Waals surface area contributed by atoms with E-state index in [2.05, 4.69) is 28.1 Å². The molecule has 1 aliphatic heterocycles. The summed E-state index contributed by atoms with van der Waals surface area (Å²) in [5, 5.41) is 10.0. The van der Waals surface area contributed by atoms with Gasteiger partial charge in [0.1, 0.15) is 5.75 Å². The number of benzene rings is 1. The van der Waals surface area contributed by atoms with Crippen LogP contribution in [0.4, 0.5) is 0 Å². The number of hydrogen-bond acceptors (Lipinski definition) is 4. The molecule has 24 heavy (non-hydrogen) atoms. The molecule has 3 rings (SSSR count). The SMILES string of the molecule is COc1cccc(CC2(CO)CCN(Cc3cccnc3)CC2)c1. The van der Waals surface area contributed by atoms with Gasteiger partial charge in [-0.05, 0) is 67.1 Å². The highest BCUT2D eigenvalue weighted by atomic mass is 16.5. The minimum atomic E-state index is -0.0161. The average Bonchev–Trinajstić information content (AvgIpc) is 2.64. The Kier molecular flexibility index (Phi) is 5.48. The summed E-state index contributed by atoms with van der Waals surface area (Å²) in [7, 11) is 1.69. The molecular formula is C20H26N2O2. The molecule has 1 saturated heterocycles. The maximum atomic E-state index is 10.0. The molecule has 1 aliphatic rings. The molecule has 4 nitrogen and oxygen atoms in total. The summed E-state index contributed by atoms with van der Waals surface area (Å²) in [6, 6.07) is 12.3. The van der Waals surface area contributed by atoms with Crippen LogP contribution in [0.5, 0.6) is 5.75 Å². The standard InChI is InChI=1S/C20H26N2O2/c1-24-19-6-2-4-17(12-19)13-20(16-23)7-10-22(11-8-20)15-18-5-3-9-21-14-18/h2-6,9,12,14,23H,7-8,10-11,13,15-16H2,1H3. The van der Waals surface area contributed by atoms with Crippen molar-refractivity contribution < 1.29 is 9.84 Å². The molecule has 0 aliphatic carbocycles. The minimum Gasteiger partial charge on any atom is -0.497 e. The molecule has 1 N–H and O–H groups in total. The van der Waals surface area contributed by atoms with E-state index in [9.17, 15) is 5.11 Å². The van der Waals surface area contributed by atoms with Crippen LogP contribution in [0, 0.1) is 5.41 Å². The third-order valence-corrected chi connectivity index (χ3v) is 5.09. The number of hydrogen-bond donors (Lipinski definition) is 1. The minimum absolute atomic E-state index is 0.0161. The summed E-state index contributed by atoms with van der Waals surface area (Å²) in [5.41, 5.74) is 2.48. The predicted octanol–water partition coefficient (Wildman–Crippen LogP) is 2.91. The van der Waals surface area contributed by atoms with Crippen molar-refractivity contribution in [3.63, 3.8) is 0 Å². The van der Waals surface area contributed by atoms with Gasteiger partial charge in [-0.25, -0.2) is 0 Å². The van der Waals surface area contributed by atoms with Gasteiger partial charge in [-0.3, -0.25) is 9.88 Å². The number of methoxy groups -OCH3 is 1. The van der Waals surface area contributed by atoms with E-state index in [1.807, 2.05) is 30.6 Å². The number of likely N-dealkylation sites (tertiary alicyclic amines) is 1. The van der Waals surface area contributed by atoms with Crippen molar-refractivity contribution in [3.05, 3.63) is 59.9 Å². The second kappa shape index (κ2) is 7.77. The van der Waals surface area contributed by atoms with Crippen LogP contribution >= 0.6 is 0 Å². The molecule has 0 bridgehead atoms. The first-order valence-electron chi connectivity index (χ1n) is 8.58. The Morgan fingerprint density at radius 2 is 1.96 bits per heavy atom. The van der Waals surface area contributed by atoms with Crippen LogP contribution in [0.15, 0.2) is 48.8 Å². The molecule has 0 amide bonds. The highest BCUT2D eigenvalue weighted by Crippen LogP contribution is 2.35. The zero-order valence-electron chi connectivity index (χ0n) is 14.3. The summed E-state index contributed by atoms with van der Waals surface area (Å²) >= 11 is 0. The molecule has 1 aromatic heterocycles. The zero-order chi connectivity index (χ0) is 16.8. The summed E-state index contributed by atoms with van der Waals surface area (Å²) in [5.74, 6) is 0.884. The Bertz CT molecular complexity index is 637. The van der Waals surface area contributed by atoms with Crippen molar-refractivity contribution in [1.29, 1.82) is 0 Å². The van der Waals surface area contributed by atoms with Gasteiger partial charge in [-0.1, -0.05) is 18.2 Å². The molecule has 4 heteroatoms. The molecule has 0 unspecified atom stereocenters. The maximum absolute atomic E-state index is 10.0. The number of rotatable bonds is 6. The lowest BCUT2D eigenvalue weighted by molar-refractivity contribution is 0.0413. The Hall–Kier alpha value is -1.91. The van der Waals surface area contributed by atoms with Crippen molar-refractivity contribution in [2.75, 3.05) is 26.8 Å². The smallest absolute Gasteiger partial charge is 0.119 e. The van der Waals surface area contributed by atoms with Crippen molar-refractivity contribution in [3.8, 4) is 5.75 Å². The van der Waals surface area contributed by atoms with Gasteiger partial charge < -0.3 is 9.84 Å². The van der Waals surface area contributed by atoms with Gasteiger partial charge in [0, 0.05) is 25.5 Å². The maximum Gasteiger partial charge on any atom is 0.119 e. The first kappa shape index (κ1) is 16.9. The highest BCUT2D eigenvalue weighted by molar-refractivity contribution is 5.29. The quantitative estimate of drug-likeness (QED) is 0.886. The number of ether oxygens (including phenoxy) is 1. The summed E-state index contributed by atoms with van der Waals surface area (Å²) < 4.78 is 5.32. The number of aromatic nitrogens is 1. The Labute approximate surface area is 144 Å². The lowest BCUT2D eigenvalue weighted by atomic mass is 9.74. The van der Waals surface area contributed by atoms with Crippen molar-refractivity contribution >= 4 is 0 Å². The molecule has 0 spiro atoms. The van der Waals surface area contributed by atoms with E-state index < -0.39 is 0 Å². The van der Waals surface area contributed by atoms with E-state index in [0.717, 1.165) is 44.6 Å². The van der Waals surface area contributed by atoms with E-state index in [-0.39, 0.29) is 12.0 Å². The molecule has 0 saturated carbocycles. The van der Waals surface area contributed by atoms with E-state index in [4.69, 9.17) is 4.74 Å².